The number of hydrogen-bond acceptors (Lipinski definition) is 3. The van der Waals surface area contributed by atoms with E-state index in [0.29, 0.717) is 18.1 Å². The second-order valence-electron chi connectivity index (χ2n) is 4.20. The molecule has 4 heteroatoms. The summed E-state index contributed by atoms with van der Waals surface area (Å²) >= 11 is 0. The second kappa shape index (κ2) is 5.49. The van der Waals surface area contributed by atoms with Gasteiger partial charge in [-0.25, -0.2) is 9.37 Å². The first-order chi connectivity index (χ1) is 8.65. The number of nitrogens with two attached hydrogens (primary N) is 1. The van der Waals surface area contributed by atoms with E-state index in [1.807, 2.05) is 25.1 Å². The van der Waals surface area contributed by atoms with Crippen molar-refractivity contribution in [3.63, 3.8) is 0 Å². The van der Waals surface area contributed by atoms with Crippen molar-refractivity contribution in [3.05, 3.63) is 53.5 Å². The van der Waals surface area contributed by atoms with Gasteiger partial charge in [0.05, 0.1) is 5.69 Å². The molecule has 0 spiro atoms. The average molecular weight is 245 g/mol. The minimum absolute atomic E-state index is 0.208. The molecule has 18 heavy (non-hydrogen) atoms. The summed E-state index contributed by atoms with van der Waals surface area (Å²) in [6, 6.07) is 10.3. The maximum absolute atomic E-state index is 13.0. The molecule has 0 saturated heterocycles. The minimum atomic E-state index is -0.208. The number of anilines is 2. The van der Waals surface area contributed by atoms with Crippen LogP contribution in [0, 0.1) is 12.7 Å². The number of nitrogen functional groups attached to an aromatic ring is 1. The molecule has 94 valence electrons. The Labute approximate surface area is 106 Å². The monoisotopic (exact) mass is 245 g/mol. The number of halogens is 1. The fourth-order valence-electron chi connectivity index (χ4n) is 1.73. The summed E-state index contributed by atoms with van der Waals surface area (Å²) in [5.74, 6) is 0.479. The predicted molar refractivity (Wildman–Crippen MR) is 72.0 cm³/mol. The summed E-state index contributed by atoms with van der Waals surface area (Å²) in [7, 11) is 0. The van der Waals surface area contributed by atoms with E-state index < -0.39 is 0 Å². The van der Waals surface area contributed by atoms with E-state index in [1.165, 1.54) is 12.1 Å². The summed E-state index contributed by atoms with van der Waals surface area (Å²) in [5, 5.41) is 3.16. The first-order valence-corrected chi connectivity index (χ1v) is 5.86. The molecule has 0 bridgehead atoms. The average Bonchev–Trinajstić information content (AvgIpc) is 2.34. The van der Waals surface area contributed by atoms with Gasteiger partial charge < -0.3 is 11.1 Å². The van der Waals surface area contributed by atoms with Crippen LogP contribution in [0.4, 0.5) is 15.9 Å². The number of aryl methyl sites for hydroxylation is 1. The number of hydrogen-bond donors (Lipinski definition) is 2. The van der Waals surface area contributed by atoms with Gasteiger partial charge in [-0.2, -0.15) is 0 Å². The number of pyridine rings is 1. The molecule has 0 aliphatic heterocycles. The van der Waals surface area contributed by atoms with Crippen LogP contribution in [0.1, 0.15) is 11.3 Å². The van der Waals surface area contributed by atoms with E-state index in [0.717, 1.165) is 17.7 Å². The van der Waals surface area contributed by atoms with Crippen molar-refractivity contribution >= 4 is 11.5 Å². The Morgan fingerprint density at radius 2 is 2.11 bits per heavy atom. The largest absolute Gasteiger partial charge is 0.396 e. The topological polar surface area (TPSA) is 50.9 Å². The van der Waals surface area contributed by atoms with Crippen molar-refractivity contribution in [2.45, 2.75) is 13.3 Å². The first kappa shape index (κ1) is 12.4. The second-order valence-corrected chi connectivity index (χ2v) is 4.20. The molecule has 1 heterocycles. The molecule has 1 aromatic heterocycles. The molecular formula is C14H16FN3. The van der Waals surface area contributed by atoms with E-state index in [9.17, 15) is 4.39 Å². The molecule has 3 N–H and O–H groups in total. The zero-order chi connectivity index (χ0) is 13.0. The molecule has 0 aliphatic rings. The molecule has 0 aliphatic carbocycles. The Hall–Kier alpha value is -2.10. The molecule has 2 aromatic rings. The number of aromatic nitrogens is 1. The van der Waals surface area contributed by atoms with Gasteiger partial charge in [0.1, 0.15) is 11.6 Å². The molecule has 0 saturated carbocycles. The van der Waals surface area contributed by atoms with Gasteiger partial charge in [-0.05, 0) is 43.2 Å². The smallest absolute Gasteiger partial charge is 0.149 e. The van der Waals surface area contributed by atoms with E-state index in [-0.39, 0.29) is 5.82 Å². The molecule has 0 atom stereocenters. The van der Waals surface area contributed by atoms with Crippen LogP contribution in [0.5, 0.6) is 0 Å². The van der Waals surface area contributed by atoms with Crippen LogP contribution in [0.25, 0.3) is 0 Å². The van der Waals surface area contributed by atoms with Gasteiger partial charge in [0.25, 0.3) is 0 Å². The summed E-state index contributed by atoms with van der Waals surface area (Å²) in [5.41, 5.74) is 8.30. The van der Waals surface area contributed by atoms with E-state index in [4.69, 9.17) is 5.73 Å². The minimum Gasteiger partial charge on any atom is -0.396 e. The van der Waals surface area contributed by atoms with E-state index in [1.54, 1.807) is 6.07 Å². The van der Waals surface area contributed by atoms with Crippen molar-refractivity contribution in [1.29, 1.82) is 0 Å². The Balaban J connectivity index is 1.94. The van der Waals surface area contributed by atoms with Crippen molar-refractivity contribution in [3.8, 4) is 0 Å². The normalized spacial score (nSPS) is 10.3. The highest BCUT2D eigenvalue weighted by Crippen LogP contribution is 2.15. The van der Waals surface area contributed by atoms with Crippen LogP contribution in [0.2, 0.25) is 0 Å². The molecule has 0 unspecified atom stereocenters. The van der Waals surface area contributed by atoms with Gasteiger partial charge in [-0.3, -0.25) is 0 Å². The SMILES string of the molecule is Cc1ccc(N)c(NCCc2cccc(F)c2)n1. The summed E-state index contributed by atoms with van der Waals surface area (Å²) < 4.78 is 13.0. The van der Waals surface area contributed by atoms with Crippen molar-refractivity contribution in [1.82, 2.24) is 4.98 Å². The van der Waals surface area contributed by atoms with Crippen molar-refractivity contribution in [2.75, 3.05) is 17.6 Å². The molecule has 2 rings (SSSR count). The number of benzene rings is 1. The molecule has 1 aromatic carbocycles. The maximum Gasteiger partial charge on any atom is 0.149 e. The number of nitrogens with zero attached hydrogens (tertiary/aromatic N) is 1. The molecule has 0 amide bonds. The Kier molecular flexibility index (Phi) is 3.77. The fourth-order valence-corrected chi connectivity index (χ4v) is 1.73. The lowest BCUT2D eigenvalue weighted by molar-refractivity contribution is 0.625. The highest BCUT2D eigenvalue weighted by molar-refractivity contribution is 5.61. The lowest BCUT2D eigenvalue weighted by Gasteiger charge is -2.09. The van der Waals surface area contributed by atoms with Crippen molar-refractivity contribution in [2.24, 2.45) is 0 Å². The third-order valence-electron chi connectivity index (χ3n) is 2.66. The highest BCUT2D eigenvalue weighted by Gasteiger charge is 2.01. The first-order valence-electron chi connectivity index (χ1n) is 5.86. The zero-order valence-electron chi connectivity index (χ0n) is 10.3. The Morgan fingerprint density at radius 3 is 2.89 bits per heavy atom. The van der Waals surface area contributed by atoms with Gasteiger partial charge in [-0.15, -0.1) is 0 Å². The van der Waals surface area contributed by atoms with Crippen LogP contribution in [-0.4, -0.2) is 11.5 Å². The van der Waals surface area contributed by atoms with E-state index in [2.05, 4.69) is 10.3 Å². The highest BCUT2D eigenvalue weighted by atomic mass is 19.1. The number of nitrogens with one attached hydrogen (secondary N) is 1. The van der Waals surface area contributed by atoms with Crippen LogP contribution < -0.4 is 11.1 Å². The molecule has 0 fully saturated rings. The Bertz CT molecular complexity index is 540. The molecule has 0 radical (unpaired) electrons. The van der Waals surface area contributed by atoms with E-state index >= 15 is 0 Å². The van der Waals surface area contributed by atoms with Crippen LogP contribution in [0.15, 0.2) is 36.4 Å². The number of rotatable bonds is 4. The predicted octanol–water partition coefficient (Wildman–Crippen LogP) is 2.77. The van der Waals surface area contributed by atoms with Gasteiger partial charge in [0.15, 0.2) is 0 Å². The van der Waals surface area contributed by atoms with Crippen LogP contribution >= 0.6 is 0 Å². The summed E-state index contributed by atoms with van der Waals surface area (Å²) in [6.45, 7) is 2.58. The lowest BCUT2D eigenvalue weighted by atomic mass is 10.1. The fraction of sp³-hybridized carbons (Fsp3) is 0.214. The molecular weight excluding hydrogens is 229 g/mol. The van der Waals surface area contributed by atoms with Crippen LogP contribution in [-0.2, 0) is 6.42 Å². The summed E-state index contributed by atoms with van der Waals surface area (Å²) in [6.07, 6.45) is 0.729. The quantitative estimate of drug-likeness (QED) is 0.870. The van der Waals surface area contributed by atoms with Gasteiger partial charge >= 0.3 is 0 Å². The van der Waals surface area contributed by atoms with Gasteiger partial charge in [0.2, 0.25) is 0 Å². The Morgan fingerprint density at radius 1 is 1.28 bits per heavy atom. The van der Waals surface area contributed by atoms with Gasteiger partial charge in [0, 0.05) is 12.2 Å². The third kappa shape index (κ3) is 3.20. The zero-order valence-corrected chi connectivity index (χ0v) is 10.3. The van der Waals surface area contributed by atoms with Gasteiger partial charge in [-0.1, -0.05) is 12.1 Å². The standard InChI is InChI=1S/C14H16FN3/c1-10-5-6-13(16)14(18-10)17-8-7-11-3-2-4-12(15)9-11/h2-6,9H,7-8,16H2,1H3,(H,17,18). The lowest BCUT2D eigenvalue weighted by Crippen LogP contribution is -2.09. The van der Waals surface area contributed by atoms with Crippen molar-refractivity contribution < 1.29 is 4.39 Å². The third-order valence-corrected chi connectivity index (χ3v) is 2.66. The van der Waals surface area contributed by atoms with Crippen LogP contribution in [0.3, 0.4) is 0 Å². The molecule has 3 nitrogen and oxygen atoms in total. The summed E-state index contributed by atoms with van der Waals surface area (Å²) in [4.78, 5) is 4.31. The maximum atomic E-state index is 13.0.